The molecule has 3 heterocycles. The second-order valence-corrected chi connectivity index (χ2v) is 27.2. The lowest BCUT2D eigenvalue weighted by Gasteiger charge is -2.44. The number of nitrogens with zero attached hydrogens (tertiary/aromatic N) is 7. The van der Waals surface area contributed by atoms with E-state index in [-0.39, 0.29) is 55.6 Å². The van der Waals surface area contributed by atoms with Gasteiger partial charge in [-0.3, -0.25) is 24.5 Å². The molecule has 4 aliphatic rings. The number of amides is 5. The Balaban J connectivity index is 0.595. The monoisotopic (exact) mass is 1390 g/mol. The number of fused-ring (bicyclic) bond motifs is 2. The normalized spacial score (nSPS) is 18.1. The number of rotatable bonds is 28. The molecule has 0 bridgehead atoms. The lowest BCUT2D eigenvalue weighted by Crippen LogP contribution is -2.50. The Morgan fingerprint density at radius 1 is 0.630 bits per heavy atom. The number of likely N-dealkylation sites (tertiary alicyclic amines) is 2. The average molecular weight is 1390 g/mol. The van der Waals surface area contributed by atoms with Crippen molar-refractivity contribution >= 4 is 35.4 Å². The molecule has 0 unspecified atom stereocenters. The van der Waals surface area contributed by atoms with E-state index >= 15 is 0 Å². The van der Waals surface area contributed by atoms with Crippen molar-refractivity contribution in [3.05, 3.63) is 196 Å². The van der Waals surface area contributed by atoms with Gasteiger partial charge in [-0.05, 0) is 167 Å². The molecular formula is C77H91F7N8O8. The molecule has 3 saturated heterocycles. The van der Waals surface area contributed by atoms with Gasteiger partial charge in [-0.15, -0.1) is 0 Å². The molecule has 0 saturated carbocycles. The van der Waals surface area contributed by atoms with E-state index < -0.39 is 64.6 Å². The number of carbonyl (C=O) groups excluding carboxylic acids is 5. The van der Waals surface area contributed by atoms with Gasteiger partial charge >= 0.3 is 18.4 Å². The van der Waals surface area contributed by atoms with Gasteiger partial charge in [0.15, 0.2) is 0 Å². The van der Waals surface area contributed by atoms with E-state index in [4.69, 9.17) is 14.2 Å². The number of hydrogen-bond acceptors (Lipinski definition) is 11. The molecule has 0 aromatic heterocycles. The molecule has 6 aromatic rings. The van der Waals surface area contributed by atoms with Crippen LogP contribution >= 0.6 is 0 Å². The molecule has 1 N–H and O–H groups in total. The molecule has 6 aromatic carbocycles. The predicted molar refractivity (Wildman–Crippen MR) is 368 cm³/mol. The highest BCUT2D eigenvalue weighted by Crippen LogP contribution is 2.49. The summed E-state index contributed by atoms with van der Waals surface area (Å²) < 4.78 is 116. The number of carbonyl (C=O) groups is 5. The topological polar surface area (TPSA) is 148 Å². The third kappa shape index (κ3) is 19.2. The number of para-hydroxylation sites is 1. The molecular weight excluding hydrogens is 1300 g/mol. The van der Waals surface area contributed by atoms with E-state index in [1.165, 1.54) is 29.8 Å². The van der Waals surface area contributed by atoms with Gasteiger partial charge in [0.1, 0.15) is 30.9 Å². The summed E-state index contributed by atoms with van der Waals surface area (Å²) >= 11 is 0. The van der Waals surface area contributed by atoms with Crippen molar-refractivity contribution in [3.63, 3.8) is 0 Å². The highest BCUT2D eigenvalue weighted by Gasteiger charge is 2.50. The summed E-state index contributed by atoms with van der Waals surface area (Å²) in [6.45, 7) is 6.48. The predicted octanol–water partition coefficient (Wildman–Crippen LogP) is 13.0. The molecule has 1 aliphatic carbocycles. The summed E-state index contributed by atoms with van der Waals surface area (Å²) in [4.78, 5) is 79.9. The molecule has 2 atom stereocenters. The summed E-state index contributed by atoms with van der Waals surface area (Å²) in [5.74, 6) is -1.75. The molecule has 536 valence electrons. The first-order valence-corrected chi connectivity index (χ1v) is 34.6. The Morgan fingerprint density at radius 3 is 1.97 bits per heavy atom. The summed E-state index contributed by atoms with van der Waals surface area (Å²) in [7, 11) is 7.45. The fraction of sp³-hybridized carbons (Fsp3) is 0.468. The first kappa shape index (κ1) is 74.5. The van der Waals surface area contributed by atoms with Crippen LogP contribution < -0.4 is 5.32 Å². The van der Waals surface area contributed by atoms with Crippen LogP contribution in [-0.2, 0) is 60.0 Å². The number of piperidine rings is 2. The van der Waals surface area contributed by atoms with Crippen LogP contribution in [0, 0.1) is 5.82 Å². The fourth-order valence-electron chi connectivity index (χ4n) is 14.3. The van der Waals surface area contributed by atoms with Gasteiger partial charge in [-0.25, -0.2) is 9.18 Å². The number of nitrogens with one attached hydrogen (secondary N) is 1. The molecule has 100 heavy (non-hydrogen) atoms. The Bertz CT molecular complexity index is 3700. The zero-order valence-electron chi connectivity index (χ0n) is 57.4. The Morgan fingerprint density at radius 2 is 1.27 bits per heavy atom. The molecule has 3 fully saturated rings. The molecule has 0 radical (unpaired) electrons. The first-order chi connectivity index (χ1) is 47.9. The zero-order chi connectivity index (χ0) is 71.2. The van der Waals surface area contributed by atoms with Gasteiger partial charge in [0.25, 0.3) is 11.8 Å². The summed E-state index contributed by atoms with van der Waals surface area (Å²) in [5.41, 5.74) is 1.50. The van der Waals surface area contributed by atoms with Gasteiger partial charge in [-0.1, -0.05) is 103 Å². The lowest BCUT2D eigenvalue weighted by molar-refractivity contribution is -0.143. The van der Waals surface area contributed by atoms with E-state index in [9.17, 15) is 54.7 Å². The first-order valence-electron chi connectivity index (χ1n) is 34.6. The van der Waals surface area contributed by atoms with Gasteiger partial charge in [0.05, 0.1) is 29.5 Å². The Kier molecular flexibility index (Phi) is 25.0. The van der Waals surface area contributed by atoms with Crippen LogP contribution in [0.1, 0.15) is 118 Å². The minimum atomic E-state index is -5.15. The molecule has 1 spiro atoms. The van der Waals surface area contributed by atoms with Crippen molar-refractivity contribution in [2.24, 2.45) is 0 Å². The quantitative estimate of drug-likeness (QED) is 0.0370. The molecule has 3 aliphatic heterocycles. The van der Waals surface area contributed by atoms with E-state index in [1.54, 1.807) is 23.9 Å². The zero-order valence-corrected chi connectivity index (χ0v) is 57.4. The maximum absolute atomic E-state index is 14.3. The van der Waals surface area contributed by atoms with Crippen molar-refractivity contribution in [2.75, 3.05) is 125 Å². The van der Waals surface area contributed by atoms with Gasteiger partial charge in [0, 0.05) is 102 Å². The molecule has 23 heteroatoms. The molecule has 16 nitrogen and oxygen atoms in total. The lowest BCUT2D eigenvalue weighted by atomic mass is 9.72. The van der Waals surface area contributed by atoms with Crippen LogP contribution in [0.15, 0.2) is 146 Å². The second kappa shape index (κ2) is 33.5. The third-order valence-corrected chi connectivity index (χ3v) is 20.4. The van der Waals surface area contributed by atoms with Gasteiger partial charge < -0.3 is 48.5 Å². The summed E-state index contributed by atoms with van der Waals surface area (Å²) in [6, 6.07) is 39.7. The smallest absolute Gasteiger partial charge is 0.416 e. The van der Waals surface area contributed by atoms with E-state index in [0.717, 1.165) is 98.4 Å². The maximum Gasteiger partial charge on any atom is 0.416 e. The Labute approximate surface area is 581 Å². The van der Waals surface area contributed by atoms with Crippen molar-refractivity contribution in [3.8, 4) is 11.1 Å². The number of likely N-dealkylation sites (N-methyl/N-ethyl adjacent to an activating group) is 3. The largest absolute Gasteiger partial charge is 0.446 e. The average Bonchev–Trinajstić information content (AvgIpc) is 1.58. The van der Waals surface area contributed by atoms with Crippen molar-refractivity contribution in [1.82, 2.24) is 34.3 Å². The molecule has 5 amide bonds. The highest BCUT2D eigenvalue weighted by molar-refractivity contribution is 5.95. The van der Waals surface area contributed by atoms with Crippen molar-refractivity contribution < 1.29 is 68.9 Å². The van der Waals surface area contributed by atoms with Gasteiger partial charge in [-0.2, -0.15) is 26.3 Å². The van der Waals surface area contributed by atoms with E-state index in [1.807, 2.05) is 103 Å². The Hall–Kier alpha value is -8.22. The standard InChI is InChI=1S/C77H91F7N8O8/c1-86(37-14-6-9-22-69(93)88(3)46-47-90-41-32-64(33-42-90)100-73(97)85-67-21-13-11-19-65(67)56-16-7-5-8-17-56)40-31-55-23-25-57(26-24-55)71(95)89(4)39-15-38-87(2)70(94)52-98-68-50-58-18-10-12-20-66(58)74(68)34-43-91(44-35-74)45-36-75(60-27-29-63(78)30-28-60)53-92(54-99-75)72(96)59-48-61(76(79,80)81)51-62(49-59)77(82,83)84/h5,7-8,10-13,16-21,23-30,48-49,51,64,68H,6,9,14-15,22,31-47,50,52-54H2,1-4H3,(H,85,97)/t68-,75+/m0/s1. The number of alkyl halides is 6. The van der Waals surface area contributed by atoms with Gasteiger partial charge in [0.2, 0.25) is 11.8 Å². The summed E-state index contributed by atoms with van der Waals surface area (Å²) in [6.07, 6.45) is -2.86. The van der Waals surface area contributed by atoms with E-state index in [2.05, 4.69) is 39.2 Å². The number of benzene rings is 6. The van der Waals surface area contributed by atoms with Crippen LogP contribution in [0.25, 0.3) is 11.1 Å². The van der Waals surface area contributed by atoms with Crippen LogP contribution in [-0.4, -0.2) is 196 Å². The number of unbranched alkanes of at least 4 members (excludes halogenated alkanes) is 2. The number of halogens is 7. The number of ether oxygens (including phenoxy) is 3. The second-order valence-electron chi connectivity index (χ2n) is 27.2. The van der Waals surface area contributed by atoms with Crippen LogP contribution in [0.5, 0.6) is 0 Å². The SMILES string of the molecule is CN(CCCCCC(=O)N(C)CCN1CCC(OC(=O)Nc2ccccc2-c2ccccc2)CC1)CCc1ccc(C(=O)N(C)CCCN(C)C(=O)CO[C@H]2Cc3ccccc3C23CCN(CC[C@]2(c4ccc(F)cc4)CN(C(=O)c4cc(C(F)(F)F)cc(C(F)(F)F)c4)CO2)CC3)cc1. The van der Waals surface area contributed by atoms with Crippen LogP contribution in [0.3, 0.4) is 0 Å². The minimum absolute atomic E-state index is 0.0267. The van der Waals surface area contributed by atoms with Crippen LogP contribution in [0.4, 0.5) is 41.2 Å². The van der Waals surface area contributed by atoms with Crippen molar-refractivity contribution in [1.29, 1.82) is 0 Å². The third-order valence-electron chi connectivity index (χ3n) is 20.4. The highest BCUT2D eigenvalue weighted by atomic mass is 19.4. The van der Waals surface area contributed by atoms with Crippen LogP contribution in [0.2, 0.25) is 0 Å². The fourth-order valence-corrected chi connectivity index (χ4v) is 14.3. The minimum Gasteiger partial charge on any atom is -0.446 e. The number of anilines is 1. The summed E-state index contributed by atoms with van der Waals surface area (Å²) in [5, 5.41) is 2.94. The van der Waals surface area contributed by atoms with E-state index in [0.29, 0.717) is 100 Å². The molecule has 10 rings (SSSR count). The van der Waals surface area contributed by atoms with Crippen molar-refractivity contribution in [2.45, 2.75) is 113 Å². The maximum atomic E-state index is 14.3. The number of hydrogen-bond donors (Lipinski definition) is 1.